The SMILES string of the molecule is CCCCCCCCCCCCCCCC[Si](OCC)(OCC)C(CC)SSC(CC)[Si](CCCCCCCCCCCCCCCC)(OCC)OCC. The number of hydrogen-bond donors (Lipinski definition) is 0. The summed E-state index contributed by atoms with van der Waals surface area (Å²) in [6.45, 7) is 21.0. The summed E-state index contributed by atoms with van der Waals surface area (Å²) in [5.41, 5.74) is 0. The molecule has 2 unspecified atom stereocenters. The quantitative estimate of drug-likeness (QED) is 0.0346. The Kier molecular flexibility index (Phi) is 41.5. The molecule has 0 aliphatic carbocycles. The summed E-state index contributed by atoms with van der Waals surface area (Å²) in [5.74, 6) is 0. The Labute approximate surface area is 351 Å². The average Bonchev–Trinajstić information content (AvgIpc) is 3.17. The highest BCUT2D eigenvalue weighted by molar-refractivity contribution is 8.77. The molecule has 0 bridgehead atoms. The summed E-state index contributed by atoms with van der Waals surface area (Å²) in [5, 5.41) is 0. The zero-order chi connectivity index (χ0) is 39.9. The summed E-state index contributed by atoms with van der Waals surface area (Å²) in [6.07, 6.45) is 41.2. The van der Waals surface area contributed by atoms with Gasteiger partial charge in [0, 0.05) is 26.4 Å². The molecule has 326 valence electrons. The van der Waals surface area contributed by atoms with Crippen LogP contribution in [0.4, 0.5) is 0 Å². The molecule has 0 rings (SSSR count). The maximum atomic E-state index is 6.77. The largest absolute Gasteiger partial charge is 0.394 e. The molecule has 0 aliphatic heterocycles. The maximum absolute atomic E-state index is 6.77. The highest BCUT2D eigenvalue weighted by Crippen LogP contribution is 2.45. The summed E-state index contributed by atoms with van der Waals surface area (Å²) in [7, 11) is -0.635. The van der Waals surface area contributed by atoms with Gasteiger partial charge >= 0.3 is 17.1 Å². The first kappa shape index (κ1) is 55.0. The number of unbranched alkanes of at least 4 members (excludes halogenated alkanes) is 26. The molecule has 54 heavy (non-hydrogen) atoms. The molecule has 0 N–H and O–H groups in total. The molecule has 0 aromatic rings. The van der Waals surface area contributed by atoms with Crippen molar-refractivity contribution in [3.8, 4) is 0 Å². The van der Waals surface area contributed by atoms with Crippen molar-refractivity contribution in [3.05, 3.63) is 0 Å². The molecule has 8 heteroatoms. The minimum Gasteiger partial charge on any atom is -0.394 e. The lowest BCUT2D eigenvalue weighted by Crippen LogP contribution is -2.53. The molecule has 0 radical (unpaired) electrons. The van der Waals surface area contributed by atoms with Gasteiger partial charge < -0.3 is 17.7 Å². The van der Waals surface area contributed by atoms with E-state index in [1.807, 2.05) is 0 Å². The van der Waals surface area contributed by atoms with Gasteiger partial charge in [0.2, 0.25) is 0 Å². The molecular formula is C46H98O4S2Si2. The van der Waals surface area contributed by atoms with Crippen LogP contribution in [0, 0.1) is 0 Å². The third-order valence-corrected chi connectivity index (χ3v) is 26.2. The van der Waals surface area contributed by atoms with Gasteiger partial charge in [-0.25, -0.2) is 0 Å². The predicted octanol–water partition coefficient (Wildman–Crippen LogP) is 17.0. The van der Waals surface area contributed by atoms with E-state index in [2.05, 4.69) is 77.0 Å². The second kappa shape index (κ2) is 40.7. The Balaban J connectivity index is 4.93. The Morgan fingerprint density at radius 3 is 0.685 bits per heavy atom. The average molecular weight is 836 g/mol. The molecule has 0 heterocycles. The second-order valence-electron chi connectivity index (χ2n) is 16.0. The standard InChI is InChI=1S/C46H98O4S2Si2/c1-9-17-19-21-23-25-27-29-31-33-35-37-39-41-43-53(47-13-5,48-14-6)45(11-3)51-52-46(12-4)54(49-15-7,50-16-8)44-42-40-38-36-34-32-30-28-26-24-22-20-18-10-2/h45-46H,9-44H2,1-8H3. The molecule has 0 aromatic carbocycles. The monoisotopic (exact) mass is 835 g/mol. The van der Waals surface area contributed by atoms with Crippen molar-refractivity contribution in [3.63, 3.8) is 0 Å². The van der Waals surface area contributed by atoms with Gasteiger partial charge in [0.1, 0.15) is 0 Å². The van der Waals surface area contributed by atoms with E-state index in [0.29, 0.717) is 9.75 Å². The Hall–Kier alpha value is 0.974. The van der Waals surface area contributed by atoms with E-state index in [1.165, 1.54) is 180 Å². The van der Waals surface area contributed by atoms with Gasteiger partial charge in [-0.2, -0.15) is 0 Å². The van der Waals surface area contributed by atoms with Crippen LogP contribution in [-0.4, -0.2) is 53.3 Å². The molecule has 4 nitrogen and oxygen atoms in total. The smallest absolute Gasteiger partial charge is 0.352 e. The lowest BCUT2D eigenvalue weighted by molar-refractivity contribution is 0.178. The van der Waals surface area contributed by atoms with Gasteiger partial charge in [-0.05, 0) is 52.6 Å². The molecule has 0 fully saturated rings. The van der Waals surface area contributed by atoms with Gasteiger partial charge in [0.05, 0.1) is 9.75 Å². The van der Waals surface area contributed by atoms with Crippen molar-refractivity contribution < 1.29 is 17.7 Å². The fraction of sp³-hybridized carbons (Fsp3) is 1.00. The van der Waals surface area contributed by atoms with Gasteiger partial charge in [0.25, 0.3) is 0 Å². The molecular weight excluding hydrogens is 737 g/mol. The highest BCUT2D eigenvalue weighted by atomic mass is 33.1. The Morgan fingerprint density at radius 2 is 0.500 bits per heavy atom. The van der Waals surface area contributed by atoms with Crippen LogP contribution in [0.15, 0.2) is 0 Å². The van der Waals surface area contributed by atoms with Crippen LogP contribution in [0.1, 0.15) is 248 Å². The van der Waals surface area contributed by atoms with E-state index in [1.54, 1.807) is 0 Å². The van der Waals surface area contributed by atoms with Gasteiger partial charge in [-0.15, -0.1) is 0 Å². The van der Waals surface area contributed by atoms with Crippen LogP contribution in [0.2, 0.25) is 12.1 Å². The summed E-state index contributed by atoms with van der Waals surface area (Å²) >= 11 is 0. The van der Waals surface area contributed by atoms with Crippen molar-refractivity contribution in [1.82, 2.24) is 0 Å². The third kappa shape index (κ3) is 27.6. The number of hydrogen-bond acceptors (Lipinski definition) is 6. The van der Waals surface area contributed by atoms with Crippen molar-refractivity contribution in [2.75, 3.05) is 26.4 Å². The van der Waals surface area contributed by atoms with Gasteiger partial charge in [-0.1, -0.05) is 229 Å². The predicted molar refractivity (Wildman–Crippen MR) is 252 cm³/mol. The van der Waals surface area contributed by atoms with Crippen molar-refractivity contribution in [2.24, 2.45) is 0 Å². The Bertz CT molecular complexity index is 678. The normalized spacial score (nSPS) is 13.6. The first-order valence-corrected chi connectivity index (χ1v) is 30.8. The van der Waals surface area contributed by atoms with Crippen LogP contribution >= 0.6 is 21.6 Å². The molecule has 0 aromatic heterocycles. The molecule has 2 atom stereocenters. The topological polar surface area (TPSA) is 36.9 Å². The molecule has 0 saturated carbocycles. The van der Waals surface area contributed by atoms with Crippen molar-refractivity contribution >= 4 is 38.7 Å². The molecule has 0 amide bonds. The van der Waals surface area contributed by atoms with Crippen LogP contribution in [-0.2, 0) is 17.7 Å². The van der Waals surface area contributed by atoms with E-state index in [9.17, 15) is 0 Å². The lowest BCUT2D eigenvalue weighted by Gasteiger charge is -2.39. The first-order valence-electron chi connectivity index (χ1n) is 24.4. The highest BCUT2D eigenvalue weighted by Gasteiger charge is 2.49. The molecule has 0 aliphatic rings. The van der Waals surface area contributed by atoms with E-state index in [-0.39, 0.29) is 0 Å². The number of rotatable bonds is 45. The zero-order valence-corrected chi connectivity index (χ0v) is 41.7. The van der Waals surface area contributed by atoms with Gasteiger partial charge in [0.15, 0.2) is 0 Å². The lowest BCUT2D eigenvalue weighted by atomic mass is 10.0. The van der Waals surface area contributed by atoms with E-state index < -0.39 is 17.1 Å². The van der Waals surface area contributed by atoms with E-state index in [0.717, 1.165) is 51.4 Å². The van der Waals surface area contributed by atoms with Crippen LogP contribution in [0.25, 0.3) is 0 Å². The molecule has 0 spiro atoms. The first-order chi connectivity index (χ1) is 26.5. The summed E-state index contributed by atoms with van der Waals surface area (Å²) in [6, 6.07) is 2.24. The van der Waals surface area contributed by atoms with Crippen LogP contribution < -0.4 is 0 Å². The van der Waals surface area contributed by atoms with Crippen molar-refractivity contribution in [2.45, 2.75) is 270 Å². The van der Waals surface area contributed by atoms with Gasteiger partial charge in [-0.3, -0.25) is 0 Å². The fourth-order valence-corrected chi connectivity index (χ4v) is 23.5. The van der Waals surface area contributed by atoms with Crippen LogP contribution in [0.5, 0.6) is 0 Å². The maximum Gasteiger partial charge on any atom is 0.352 e. The zero-order valence-electron chi connectivity index (χ0n) is 38.1. The summed E-state index contributed by atoms with van der Waals surface area (Å²) in [4.78, 5) is 0.823. The second-order valence-corrected chi connectivity index (χ2v) is 26.3. The summed E-state index contributed by atoms with van der Waals surface area (Å²) < 4.78 is 27.1. The van der Waals surface area contributed by atoms with Crippen molar-refractivity contribution in [1.29, 1.82) is 0 Å². The third-order valence-electron chi connectivity index (χ3n) is 11.3. The van der Waals surface area contributed by atoms with E-state index in [4.69, 9.17) is 17.7 Å². The Morgan fingerprint density at radius 1 is 0.296 bits per heavy atom. The molecule has 0 saturated heterocycles. The van der Waals surface area contributed by atoms with E-state index >= 15 is 0 Å². The van der Waals surface area contributed by atoms with Crippen LogP contribution in [0.3, 0.4) is 0 Å². The fourth-order valence-electron chi connectivity index (χ4n) is 8.21. The minimum absolute atomic E-state index is 0.412. The minimum atomic E-state index is -2.39.